The van der Waals surface area contributed by atoms with Crippen LogP contribution in [0.25, 0.3) is 11.1 Å². The molecule has 1 aromatic carbocycles. The van der Waals surface area contributed by atoms with Crippen LogP contribution in [0.3, 0.4) is 0 Å². The molecule has 8 nitrogen and oxygen atoms in total. The van der Waals surface area contributed by atoms with Crippen LogP contribution in [0.2, 0.25) is 0 Å². The Morgan fingerprint density at radius 3 is 2.45 bits per heavy atom. The van der Waals surface area contributed by atoms with Crippen LogP contribution in [0.4, 0.5) is 26.2 Å². The molecular weight excluding hydrogens is 432 g/mol. The van der Waals surface area contributed by atoms with Crippen LogP contribution in [0.5, 0.6) is 11.6 Å². The summed E-state index contributed by atoms with van der Waals surface area (Å²) in [6, 6.07) is 9.97. The molecule has 0 spiro atoms. The number of rotatable bonds is 7. The van der Waals surface area contributed by atoms with E-state index in [-0.39, 0.29) is 18.0 Å². The predicted octanol–water partition coefficient (Wildman–Crippen LogP) is 4.51. The molecule has 1 aliphatic rings. The predicted molar refractivity (Wildman–Crippen MR) is 120 cm³/mol. The first-order chi connectivity index (χ1) is 15.9. The molecule has 10 heteroatoms. The molecule has 1 fully saturated rings. The molecule has 1 saturated heterocycles. The number of alkyl halides is 2. The summed E-state index contributed by atoms with van der Waals surface area (Å²) in [7, 11) is 1.53. The number of hydrogen-bond acceptors (Lipinski definition) is 8. The molecule has 3 heterocycles. The number of hydrogen-bond donors (Lipinski definition) is 1. The van der Waals surface area contributed by atoms with Gasteiger partial charge in [-0.15, -0.1) is 0 Å². The Morgan fingerprint density at radius 2 is 1.79 bits per heavy atom. The van der Waals surface area contributed by atoms with Crippen LogP contribution in [-0.4, -0.2) is 54.0 Å². The Morgan fingerprint density at radius 1 is 1.06 bits per heavy atom. The maximum atomic E-state index is 12.4. The minimum absolute atomic E-state index is 0.0902. The van der Waals surface area contributed by atoms with Gasteiger partial charge in [0.15, 0.2) is 0 Å². The zero-order valence-corrected chi connectivity index (χ0v) is 18.5. The lowest BCUT2D eigenvalue weighted by atomic mass is 10.1. The number of anilines is 3. The number of methoxy groups -OCH3 is 1. The van der Waals surface area contributed by atoms with Gasteiger partial charge in [0.05, 0.1) is 19.3 Å². The van der Waals surface area contributed by atoms with Crippen molar-refractivity contribution in [1.29, 1.82) is 0 Å². The number of nitrogens with one attached hydrogen (secondary N) is 1. The molecule has 0 aliphatic carbocycles. The molecule has 1 N–H and O–H groups in total. The van der Waals surface area contributed by atoms with E-state index < -0.39 is 6.61 Å². The molecule has 0 amide bonds. The lowest BCUT2D eigenvalue weighted by Crippen LogP contribution is -2.46. The number of halogens is 2. The summed E-state index contributed by atoms with van der Waals surface area (Å²) in [4.78, 5) is 15.5. The minimum Gasteiger partial charge on any atom is -0.480 e. The second kappa shape index (κ2) is 9.95. The third kappa shape index (κ3) is 5.64. The average Bonchev–Trinajstić information content (AvgIpc) is 2.79. The number of morpholine rings is 1. The van der Waals surface area contributed by atoms with Gasteiger partial charge in [-0.25, -0.2) is 9.97 Å². The Kier molecular flexibility index (Phi) is 6.83. The molecule has 4 rings (SSSR count). The molecule has 33 heavy (non-hydrogen) atoms. The number of ether oxygens (including phenoxy) is 3. The highest BCUT2D eigenvalue weighted by Gasteiger charge is 2.24. The fourth-order valence-electron chi connectivity index (χ4n) is 3.74. The van der Waals surface area contributed by atoms with Crippen LogP contribution < -0.4 is 19.7 Å². The first kappa shape index (κ1) is 22.7. The number of nitrogens with zero attached hydrogens (tertiary/aromatic N) is 4. The van der Waals surface area contributed by atoms with E-state index in [1.54, 1.807) is 30.6 Å². The summed E-state index contributed by atoms with van der Waals surface area (Å²) < 4.78 is 40.4. The number of pyridine rings is 1. The highest BCUT2D eigenvalue weighted by atomic mass is 19.3. The topological polar surface area (TPSA) is 81.6 Å². The molecule has 1 aliphatic heterocycles. The van der Waals surface area contributed by atoms with E-state index >= 15 is 0 Å². The van der Waals surface area contributed by atoms with E-state index in [1.165, 1.54) is 19.2 Å². The summed E-state index contributed by atoms with van der Waals surface area (Å²) in [6.07, 6.45) is 3.52. The van der Waals surface area contributed by atoms with Crippen molar-refractivity contribution in [2.24, 2.45) is 0 Å². The molecule has 2 aromatic heterocycles. The summed E-state index contributed by atoms with van der Waals surface area (Å²) in [5.41, 5.74) is 2.16. The maximum Gasteiger partial charge on any atom is 0.387 e. The first-order valence-electron chi connectivity index (χ1n) is 10.5. The molecule has 0 unspecified atom stereocenters. The van der Waals surface area contributed by atoms with Gasteiger partial charge in [0.25, 0.3) is 0 Å². The van der Waals surface area contributed by atoms with Crippen molar-refractivity contribution in [2.45, 2.75) is 32.7 Å². The second-order valence-corrected chi connectivity index (χ2v) is 7.71. The minimum atomic E-state index is -2.86. The zero-order valence-electron chi connectivity index (χ0n) is 18.5. The normalized spacial score (nSPS) is 18.3. The molecule has 0 bridgehead atoms. The van der Waals surface area contributed by atoms with Crippen LogP contribution in [0, 0.1) is 0 Å². The van der Waals surface area contributed by atoms with E-state index in [9.17, 15) is 8.78 Å². The lowest BCUT2D eigenvalue weighted by Gasteiger charge is -2.35. The number of benzene rings is 1. The lowest BCUT2D eigenvalue weighted by molar-refractivity contribution is -0.0498. The van der Waals surface area contributed by atoms with Crippen LogP contribution in [0.1, 0.15) is 13.8 Å². The van der Waals surface area contributed by atoms with E-state index in [0.29, 0.717) is 36.4 Å². The van der Waals surface area contributed by atoms with Crippen molar-refractivity contribution in [3.8, 4) is 22.8 Å². The summed E-state index contributed by atoms with van der Waals surface area (Å²) in [6.45, 7) is 2.60. The standard InChI is InChI=1S/C23H25F2N5O3/c1-14-12-30(13-15(2)32-14)23-26-9-8-20(29-23)28-19-10-17(11-27-21(19)31-3)16-4-6-18(7-5-16)33-22(24)25/h4-11,14-15,22H,12-13H2,1-3H3,(H,26,28,29)/t14-,15+. The largest absolute Gasteiger partial charge is 0.480 e. The van der Waals surface area contributed by atoms with Gasteiger partial charge in [-0.1, -0.05) is 12.1 Å². The smallest absolute Gasteiger partial charge is 0.387 e. The van der Waals surface area contributed by atoms with E-state index in [1.807, 2.05) is 19.9 Å². The Hall–Kier alpha value is -3.53. The molecule has 174 valence electrons. The SMILES string of the molecule is COc1ncc(-c2ccc(OC(F)F)cc2)cc1Nc1ccnc(N2C[C@@H](C)O[C@@H](C)C2)n1. The quantitative estimate of drug-likeness (QED) is 0.555. The van der Waals surface area contributed by atoms with Crippen LogP contribution in [-0.2, 0) is 4.74 Å². The van der Waals surface area contributed by atoms with E-state index in [0.717, 1.165) is 11.1 Å². The molecule has 3 aromatic rings. The highest BCUT2D eigenvalue weighted by molar-refractivity contribution is 5.72. The fraction of sp³-hybridized carbons (Fsp3) is 0.348. The monoisotopic (exact) mass is 457 g/mol. The highest BCUT2D eigenvalue weighted by Crippen LogP contribution is 2.31. The number of aromatic nitrogens is 3. The third-order valence-electron chi connectivity index (χ3n) is 5.07. The maximum absolute atomic E-state index is 12.4. The van der Waals surface area contributed by atoms with Crippen molar-refractivity contribution < 1.29 is 23.0 Å². The van der Waals surface area contributed by atoms with Crippen molar-refractivity contribution in [3.63, 3.8) is 0 Å². The van der Waals surface area contributed by atoms with Gasteiger partial charge in [-0.2, -0.15) is 13.8 Å². The fourth-order valence-corrected chi connectivity index (χ4v) is 3.74. The molecular formula is C23H25F2N5O3. The molecule has 0 radical (unpaired) electrons. The van der Waals surface area contributed by atoms with Gasteiger partial charge >= 0.3 is 6.61 Å². The zero-order chi connectivity index (χ0) is 23.4. The van der Waals surface area contributed by atoms with Crippen molar-refractivity contribution in [3.05, 3.63) is 48.8 Å². The molecule has 2 atom stereocenters. The average molecular weight is 457 g/mol. The third-order valence-corrected chi connectivity index (χ3v) is 5.07. The summed E-state index contributed by atoms with van der Waals surface area (Å²) in [5, 5.41) is 3.25. The first-order valence-corrected chi connectivity index (χ1v) is 10.5. The van der Waals surface area contributed by atoms with Gasteiger partial charge in [0, 0.05) is 31.0 Å². The van der Waals surface area contributed by atoms with Gasteiger partial charge in [-0.3, -0.25) is 0 Å². The van der Waals surface area contributed by atoms with Crippen LogP contribution >= 0.6 is 0 Å². The second-order valence-electron chi connectivity index (χ2n) is 7.71. The molecule has 0 saturated carbocycles. The Bertz CT molecular complexity index is 1070. The van der Waals surface area contributed by atoms with Crippen molar-refractivity contribution in [2.75, 3.05) is 30.4 Å². The van der Waals surface area contributed by atoms with Gasteiger partial charge in [0.2, 0.25) is 11.8 Å². The van der Waals surface area contributed by atoms with Crippen LogP contribution in [0.15, 0.2) is 48.8 Å². The van der Waals surface area contributed by atoms with Gasteiger partial charge in [-0.05, 0) is 43.7 Å². The Balaban J connectivity index is 1.57. The van der Waals surface area contributed by atoms with E-state index in [2.05, 4.69) is 29.9 Å². The Labute approximate surface area is 190 Å². The van der Waals surface area contributed by atoms with Gasteiger partial charge < -0.3 is 24.4 Å². The van der Waals surface area contributed by atoms with Crippen molar-refractivity contribution >= 4 is 17.5 Å². The summed E-state index contributed by atoms with van der Waals surface area (Å²) >= 11 is 0. The summed E-state index contributed by atoms with van der Waals surface area (Å²) in [5.74, 6) is 1.68. The van der Waals surface area contributed by atoms with E-state index in [4.69, 9.17) is 9.47 Å². The van der Waals surface area contributed by atoms with Gasteiger partial charge in [0.1, 0.15) is 17.3 Å². The van der Waals surface area contributed by atoms with Crippen molar-refractivity contribution in [1.82, 2.24) is 15.0 Å².